The fraction of sp³-hybridized carbons (Fsp3) is 0.235. The Morgan fingerprint density at radius 1 is 1.17 bits per heavy atom. The third-order valence-electron chi connectivity index (χ3n) is 3.26. The Hall–Kier alpha value is -3.09. The number of hydrogen-bond acceptors (Lipinski definition) is 4. The molecule has 3 N–H and O–H groups in total. The molecular formula is C17H20N4O3. The summed E-state index contributed by atoms with van der Waals surface area (Å²) in [6.45, 7) is 1.80. The number of benzene rings is 1. The summed E-state index contributed by atoms with van der Waals surface area (Å²) in [5.41, 5.74) is 1.01. The van der Waals surface area contributed by atoms with Gasteiger partial charge in [-0.1, -0.05) is 30.3 Å². The quantitative estimate of drug-likeness (QED) is 0.757. The van der Waals surface area contributed by atoms with E-state index in [9.17, 15) is 9.59 Å². The van der Waals surface area contributed by atoms with Gasteiger partial charge in [-0.2, -0.15) is 0 Å². The zero-order valence-electron chi connectivity index (χ0n) is 13.6. The fourth-order valence-electron chi connectivity index (χ4n) is 1.96. The normalized spacial score (nSPS) is 11.2. The monoisotopic (exact) mass is 328 g/mol. The summed E-state index contributed by atoms with van der Waals surface area (Å²) in [7, 11) is 1.50. The van der Waals surface area contributed by atoms with E-state index < -0.39 is 6.03 Å². The molecular weight excluding hydrogens is 308 g/mol. The second kappa shape index (κ2) is 8.52. The van der Waals surface area contributed by atoms with Crippen LogP contribution in [0.5, 0.6) is 5.75 Å². The van der Waals surface area contributed by atoms with Crippen LogP contribution in [0.2, 0.25) is 0 Å². The third kappa shape index (κ3) is 4.98. The van der Waals surface area contributed by atoms with Crippen LogP contribution in [0.4, 0.5) is 10.6 Å². The van der Waals surface area contributed by atoms with Crippen molar-refractivity contribution in [3.8, 4) is 5.75 Å². The predicted molar refractivity (Wildman–Crippen MR) is 90.8 cm³/mol. The van der Waals surface area contributed by atoms with Crippen LogP contribution < -0.4 is 20.7 Å². The maximum absolute atomic E-state index is 11.8. The lowest BCUT2D eigenvalue weighted by Gasteiger charge is -2.17. The van der Waals surface area contributed by atoms with Gasteiger partial charge in [-0.3, -0.25) is 10.1 Å². The number of aromatic nitrogens is 1. The topological polar surface area (TPSA) is 92.4 Å². The molecule has 0 radical (unpaired) electrons. The van der Waals surface area contributed by atoms with E-state index in [0.717, 1.165) is 5.56 Å². The van der Waals surface area contributed by atoms with Gasteiger partial charge >= 0.3 is 6.03 Å². The highest BCUT2D eigenvalue weighted by molar-refractivity contribution is 5.92. The second-order valence-corrected chi connectivity index (χ2v) is 5.00. The Kier molecular flexibility index (Phi) is 6.13. The average molecular weight is 328 g/mol. The van der Waals surface area contributed by atoms with Crippen LogP contribution in [0, 0.1) is 0 Å². The number of nitrogens with zero attached hydrogens (tertiary/aromatic N) is 1. The first kappa shape index (κ1) is 17.3. The van der Waals surface area contributed by atoms with E-state index in [-0.39, 0.29) is 24.4 Å². The highest BCUT2D eigenvalue weighted by Gasteiger charge is 2.13. The summed E-state index contributed by atoms with van der Waals surface area (Å²) in [6.07, 6.45) is 1.35. The van der Waals surface area contributed by atoms with Crippen molar-refractivity contribution in [2.75, 3.05) is 18.9 Å². The molecule has 0 saturated heterocycles. The van der Waals surface area contributed by atoms with Gasteiger partial charge in [0, 0.05) is 13.2 Å². The maximum Gasteiger partial charge on any atom is 0.320 e. The number of carbonyl (C=O) groups excluding carboxylic acids is 2. The Bertz CT molecular complexity index is 691. The van der Waals surface area contributed by atoms with E-state index in [2.05, 4.69) is 20.9 Å². The van der Waals surface area contributed by atoms with Gasteiger partial charge in [-0.05, 0) is 24.6 Å². The number of rotatable bonds is 6. The smallest absolute Gasteiger partial charge is 0.320 e. The summed E-state index contributed by atoms with van der Waals surface area (Å²) in [5, 5.41) is 7.44. The van der Waals surface area contributed by atoms with Crippen LogP contribution in [0.3, 0.4) is 0 Å². The number of anilines is 1. The molecule has 126 valence electrons. The first-order valence-corrected chi connectivity index (χ1v) is 7.52. The molecule has 0 saturated carbocycles. The molecule has 0 fully saturated rings. The molecule has 7 heteroatoms. The molecule has 1 aromatic heterocycles. The van der Waals surface area contributed by atoms with Gasteiger partial charge in [0.1, 0.15) is 6.10 Å². The summed E-state index contributed by atoms with van der Waals surface area (Å²) in [6, 6.07) is 12.6. The summed E-state index contributed by atoms with van der Waals surface area (Å²) >= 11 is 0. The SMILES string of the molecule is CNC(=O)CNC(=O)Nc1ncccc1OC(C)c1ccccc1. The van der Waals surface area contributed by atoms with Crippen molar-refractivity contribution >= 4 is 17.8 Å². The number of ether oxygens (including phenoxy) is 1. The van der Waals surface area contributed by atoms with Gasteiger partial charge in [0.2, 0.25) is 5.91 Å². The Morgan fingerprint density at radius 3 is 2.62 bits per heavy atom. The number of pyridine rings is 1. The zero-order chi connectivity index (χ0) is 17.4. The molecule has 2 aromatic rings. The minimum atomic E-state index is -0.533. The van der Waals surface area contributed by atoms with Gasteiger partial charge in [0.15, 0.2) is 11.6 Å². The molecule has 0 aliphatic carbocycles. The molecule has 1 heterocycles. The third-order valence-corrected chi connectivity index (χ3v) is 3.26. The molecule has 1 unspecified atom stereocenters. The Morgan fingerprint density at radius 2 is 1.92 bits per heavy atom. The van der Waals surface area contributed by atoms with Gasteiger partial charge in [0.05, 0.1) is 6.54 Å². The van der Waals surface area contributed by atoms with E-state index in [1.165, 1.54) is 7.05 Å². The molecule has 7 nitrogen and oxygen atoms in total. The van der Waals surface area contributed by atoms with Crippen LogP contribution in [0.15, 0.2) is 48.7 Å². The van der Waals surface area contributed by atoms with E-state index >= 15 is 0 Å². The van der Waals surface area contributed by atoms with Crippen molar-refractivity contribution in [2.45, 2.75) is 13.0 Å². The fourth-order valence-corrected chi connectivity index (χ4v) is 1.96. The minimum Gasteiger partial charge on any atom is -0.482 e. The molecule has 0 aliphatic rings. The minimum absolute atomic E-state index is 0.119. The highest BCUT2D eigenvalue weighted by Crippen LogP contribution is 2.27. The predicted octanol–water partition coefficient (Wildman–Crippen LogP) is 2.09. The molecule has 1 aromatic carbocycles. The first-order valence-electron chi connectivity index (χ1n) is 7.52. The van der Waals surface area contributed by atoms with Gasteiger partial charge in [-0.25, -0.2) is 9.78 Å². The van der Waals surface area contributed by atoms with Crippen molar-refractivity contribution in [1.82, 2.24) is 15.6 Å². The van der Waals surface area contributed by atoms with Crippen LogP contribution in [-0.4, -0.2) is 30.5 Å². The number of carbonyl (C=O) groups is 2. The lowest BCUT2D eigenvalue weighted by atomic mass is 10.1. The van der Waals surface area contributed by atoms with Gasteiger partial charge < -0.3 is 15.4 Å². The molecule has 2 rings (SSSR count). The van der Waals surface area contributed by atoms with Crippen molar-refractivity contribution in [3.63, 3.8) is 0 Å². The lowest BCUT2D eigenvalue weighted by molar-refractivity contribution is -0.119. The lowest BCUT2D eigenvalue weighted by Crippen LogP contribution is -2.37. The van der Waals surface area contributed by atoms with Crippen LogP contribution in [0.1, 0.15) is 18.6 Å². The van der Waals surface area contributed by atoms with E-state index in [1.807, 2.05) is 37.3 Å². The average Bonchev–Trinajstić information content (AvgIpc) is 2.62. The Labute approximate surface area is 140 Å². The van der Waals surface area contributed by atoms with Gasteiger partial charge in [-0.15, -0.1) is 0 Å². The standard InChI is InChI=1S/C17H20N4O3/c1-12(13-7-4-3-5-8-13)24-14-9-6-10-19-16(14)21-17(23)20-11-15(22)18-2/h3-10,12H,11H2,1-2H3,(H,18,22)(H2,19,20,21,23). The van der Waals surface area contributed by atoms with E-state index in [1.54, 1.807) is 18.3 Å². The molecule has 24 heavy (non-hydrogen) atoms. The van der Waals surface area contributed by atoms with Crippen molar-refractivity contribution in [3.05, 3.63) is 54.2 Å². The van der Waals surface area contributed by atoms with E-state index in [0.29, 0.717) is 5.75 Å². The molecule has 1 atom stereocenters. The largest absolute Gasteiger partial charge is 0.482 e. The van der Waals surface area contributed by atoms with Crippen LogP contribution in [0.25, 0.3) is 0 Å². The molecule has 0 bridgehead atoms. The van der Waals surface area contributed by atoms with Crippen molar-refractivity contribution < 1.29 is 14.3 Å². The second-order valence-electron chi connectivity index (χ2n) is 5.00. The van der Waals surface area contributed by atoms with Crippen LogP contribution in [-0.2, 0) is 4.79 Å². The van der Waals surface area contributed by atoms with Crippen molar-refractivity contribution in [1.29, 1.82) is 0 Å². The zero-order valence-corrected chi connectivity index (χ0v) is 13.6. The molecule has 0 aliphatic heterocycles. The number of amides is 3. The first-order chi connectivity index (χ1) is 11.6. The number of hydrogen-bond donors (Lipinski definition) is 3. The molecule has 0 spiro atoms. The summed E-state index contributed by atoms with van der Waals surface area (Å²) < 4.78 is 5.89. The van der Waals surface area contributed by atoms with Gasteiger partial charge in [0.25, 0.3) is 0 Å². The van der Waals surface area contributed by atoms with Crippen LogP contribution >= 0.6 is 0 Å². The number of nitrogens with one attached hydrogen (secondary N) is 3. The highest BCUT2D eigenvalue weighted by atomic mass is 16.5. The van der Waals surface area contributed by atoms with Crippen molar-refractivity contribution in [2.24, 2.45) is 0 Å². The molecule has 3 amide bonds. The Balaban J connectivity index is 2.02. The maximum atomic E-state index is 11.8. The summed E-state index contributed by atoms with van der Waals surface area (Å²) in [5.74, 6) is 0.443. The number of urea groups is 1. The summed E-state index contributed by atoms with van der Waals surface area (Å²) in [4.78, 5) is 27.1. The number of likely N-dealkylation sites (N-methyl/N-ethyl adjacent to an activating group) is 1. The van der Waals surface area contributed by atoms with E-state index in [4.69, 9.17) is 4.74 Å².